The maximum Gasteiger partial charge on any atom is 0.251 e. The van der Waals surface area contributed by atoms with E-state index in [1.165, 1.54) is 0 Å². The first-order valence-electron chi connectivity index (χ1n) is 6.35. The molecule has 4 heteroatoms. The van der Waals surface area contributed by atoms with E-state index in [-0.39, 0.29) is 11.8 Å². The molecule has 0 fully saturated rings. The van der Waals surface area contributed by atoms with Crippen LogP contribution in [0.25, 0.3) is 0 Å². The highest BCUT2D eigenvalue weighted by molar-refractivity contribution is 5.94. The molecule has 0 aliphatic carbocycles. The summed E-state index contributed by atoms with van der Waals surface area (Å²) < 4.78 is 0. The molecule has 0 spiro atoms. The Hall–Kier alpha value is -2.62. The minimum absolute atomic E-state index is 0.110. The zero-order valence-electron chi connectivity index (χ0n) is 11.2. The fraction of sp³-hybridized carbons (Fsp3) is 0.125. The summed E-state index contributed by atoms with van der Waals surface area (Å²) in [5.41, 5.74) is 2.18. The molecule has 0 radical (unpaired) electrons. The summed E-state index contributed by atoms with van der Waals surface area (Å²) in [4.78, 5) is 23.3. The lowest BCUT2D eigenvalue weighted by Crippen LogP contribution is -2.22. The van der Waals surface area contributed by atoms with Crippen LogP contribution in [0.1, 0.15) is 26.3 Å². The molecule has 4 nitrogen and oxygen atoms in total. The Morgan fingerprint density at radius 3 is 2.05 bits per heavy atom. The van der Waals surface area contributed by atoms with Crippen LogP contribution in [-0.4, -0.2) is 18.9 Å². The number of benzene rings is 2. The van der Waals surface area contributed by atoms with E-state index in [1.807, 2.05) is 30.3 Å². The quantitative estimate of drug-likeness (QED) is 0.890. The molecule has 0 bridgehead atoms. The van der Waals surface area contributed by atoms with Gasteiger partial charge in [-0.15, -0.1) is 0 Å². The van der Waals surface area contributed by atoms with Crippen molar-refractivity contribution < 1.29 is 9.59 Å². The number of carbonyl (C=O) groups excluding carboxylic acids is 2. The fourth-order valence-electron chi connectivity index (χ4n) is 1.79. The monoisotopic (exact) mass is 268 g/mol. The van der Waals surface area contributed by atoms with Gasteiger partial charge in [0, 0.05) is 24.7 Å². The van der Waals surface area contributed by atoms with Gasteiger partial charge in [0.25, 0.3) is 11.8 Å². The molecule has 20 heavy (non-hydrogen) atoms. The molecule has 2 aromatic rings. The van der Waals surface area contributed by atoms with Crippen LogP contribution >= 0.6 is 0 Å². The molecule has 0 saturated carbocycles. The smallest absolute Gasteiger partial charge is 0.251 e. The number of rotatable bonds is 4. The van der Waals surface area contributed by atoms with Gasteiger partial charge in [-0.25, -0.2) is 0 Å². The first-order chi connectivity index (χ1) is 9.70. The lowest BCUT2D eigenvalue weighted by Gasteiger charge is -2.06. The molecule has 0 atom stereocenters. The Morgan fingerprint density at radius 1 is 0.850 bits per heavy atom. The lowest BCUT2D eigenvalue weighted by atomic mass is 10.1. The Morgan fingerprint density at radius 2 is 1.45 bits per heavy atom. The number of amides is 2. The molecule has 0 heterocycles. The summed E-state index contributed by atoms with van der Waals surface area (Å²) in [5, 5.41) is 5.40. The first kappa shape index (κ1) is 13.8. The van der Waals surface area contributed by atoms with Crippen LogP contribution in [-0.2, 0) is 6.54 Å². The normalized spacial score (nSPS) is 9.85. The van der Waals surface area contributed by atoms with E-state index in [0.29, 0.717) is 17.7 Å². The van der Waals surface area contributed by atoms with Crippen molar-refractivity contribution in [3.63, 3.8) is 0 Å². The van der Waals surface area contributed by atoms with Crippen molar-refractivity contribution >= 4 is 11.8 Å². The topological polar surface area (TPSA) is 58.2 Å². The standard InChI is InChI=1S/C16H16N2O2/c1-17-15(19)14-9-7-12(8-10-14)11-18-16(20)13-5-3-2-4-6-13/h2-10H,11H2,1H3,(H,17,19)(H,18,20). The largest absolute Gasteiger partial charge is 0.355 e. The average molecular weight is 268 g/mol. The van der Waals surface area contributed by atoms with Gasteiger partial charge in [-0.3, -0.25) is 9.59 Å². The Kier molecular flexibility index (Phi) is 4.50. The molecule has 0 aliphatic rings. The third-order valence-corrected chi connectivity index (χ3v) is 2.93. The van der Waals surface area contributed by atoms with E-state index in [2.05, 4.69) is 10.6 Å². The molecule has 2 rings (SSSR count). The molecule has 0 aliphatic heterocycles. The van der Waals surface area contributed by atoms with E-state index in [1.54, 1.807) is 31.3 Å². The predicted molar refractivity (Wildman–Crippen MR) is 77.4 cm³/mol. The van der Waals surface area contributed by atoms with E-state index < -0.39 is 0 Å². The summed E-state index contributed by atoms with van der Waals surface area (Å²) >= 11 is 0. The highest BCUT2D eigenvalue weighted by Crippen LogP contribution is 2.05. The van der Waals surface area contributed by atoms with Crippen LogP contribution in [0.4, 0.5) is 0 Å². The van der Waals surface area contributed by atoms with Gasteiger partial charge in [-0.1, -0.05) is 30.3 Å². The number of carbonyl (C=O) groups is 2. The minimum Gasteiger partial charge on any atom is -0.355 e. The second-order valence-corrected chi connectivity index (χ2v) is 4.32. The molecule has 2 N–H and O–H groups in total. The van der Waals surface area contributed by atoms with Crippen molar-refractivity contribution in [3.8, 4) is 0 Å². The average Bonchev–Trinajstić information content (AvgIpc) is 2.53. The van der Waals surface area contributed by atoms with Gasteiger partial charge in [0.05, 0.1) is 0 Å². The SMILES string of the molecule is CNC(=O)c1ccc(CNC(=O)c2ccccc2)cc1. The van der Waals surface area contributed by atoms with Gasteiger partial charge in [-0.05, 0) is 29.8 Å². The van der Waals surface area contributed by atoms with Crippen molar-refractivity contribution in [1.82, 2.24) is 10.6 Å². The second kappa shape index (κ2) is 6.52. The maximum absolute atomic E-state index is 11.9. The zero-order chi connectivity index (χ0) is 14.4. The summed E-state index contributed by atoms with van der Waals surface area (Å²) in [5.74, 6) is -0.231. The zero-order valence-corrected chi connectivity index (χ0v) is 11.2. The maximum atomic E-state index is 11.9. The number of nitrogens with one attached hydrogen (secondary N) is 2. The highest BCUT2D eigenvalue weighted by atomic mass is 16.2. The number of hydrogen-bond acceptors (Lipinski definition) is 2. The Balaban J connectivity index is 1.94. The van der Waals surface area contributed by atoms with Gasteiger partial charge in [0.2, 0.25) is 0 Å². The molecule has 2 amide bonds. The van der Waals surface area contributed by atoms with Gasteiger partial charge in [-0.2, -0.15) is 0 Å². The first-order valence-corrected chi connectivity index (χ1v) is 6.35. The van der Waals surface area contributed by atoms with Crippen LogP contribution in [0.2, 0.25) is 0 Å². The van der Waals surface area contributed by atoms with Crippen molar-refractivity contribution in [2.24, 2.45) is 0 Å². The van der Waals surface area contributed by atoms with Gasteiger partial charge in [0.15, 0.2) is 0 Å². The third kappa shape index (κ3) is 3.45. The summed E-state index contributed by atoms with van der Waals surface area (Å²) in [7, 11) is 1.59. The molecule has 2 aromatic carbocycles. The Labute approximate surface area is 117 Å². The lowest BCUT2D eigenvalue weighted by molar-refractivity contribution is 0.0946. The van der Waals surface area contributed by atoms with Crippen molar-refractivity contribution in [2.45, 2.75) is 6.54 Å². The predicted octanol–water partition coefficient (Wildman–Crippen LogP) is 1.98. The molecule has 0 saturated heterocycles. The van der Waals surface area contributed by atoms with E-state index >= 15 is 0 Å². The van der Waals surface area contributed by atoms with E-state index in [0.717, 1.165) is 5.56 Å². The fourth-order valence-corrected chi connectivity index (χ4v) is 1.79. The summed E-state index contributed by atoms with van der Waals surface area (Å²) in [6.45, 7) is 0.432. The minimum atomic E-state index is -0.120. The molecular formula is C16H16N2O2. The van der Waals surface area contributed by atoms with Crippen LogP contribution in [0, 0.1) is 0 Å². The molecule has 0 aromatic heterocycles. The third-order valence-electron chi connectivity index (χ3n) is 2.93. The van der Waals surface area contributed by atoms with Crippen molar-refractivity contribution in [3.05, 3.63) is 71.3 Å². The van der Waals surface area contributed by atoms with Crippen LogP contribution in [0.15, 0.2) is 54.6 Å². The molecule has 0 unspecified atom stereocenters. The summed E-state index contributed by atoms with van der Waals surface area (Å²) in [6, 6.07) is 16.2. The van der Waals surface area contributed by atoms with Gasteiger partial charge < -0.3 is 10.6 Å². The highest BCUT2D eigenvalue weighted by Gasteiger charge is 2.05. The van der Waals surface area contributed by atoms with Crippen LogP contribution < -0.4 is 10.6 Å². The van der Waals surface area contributed by atoms with Crippen LogP contribution in [0.3, 0.4) is 0 Å². The Bertz CT molecular complexity index is 592. The van der Waals surface area contributed by atoms with Crippen molar-refractivity contribution in [2.75, 3.05) is 7.05 Å². The summed E-state index contributed by atoms with van der Waals surface area (Å²) in [6.07, 6.45) is 0. The van der Waals surface area contributed by atoms with E-state index in [4.69, 9.17) is 0 Å². The van der Waals surface area contributed by atoms with Gasteiger partial charge >= 0.3 is 0 Å². The second-order valence-electron chi connectivity index (χ2n) is 4.32. The van der Waals surface area contributed by atoms with E-state index in [9.17, 15) is 9.59 Å². The van der Waals surface area contributed by atoms with Crippen LogP contribution in [0.5, 0.6) is 0 Å². The van der Waals surface area contributed by atoms with Crippen molar-refractivity contribution in [1.29, 1.82) is 0 Å². The molecular weight excluding hydrogens is 252 g/mol. The van der Waals surface area contributed by atoms with Gasteiger partial charge in [0.1, 0.15) is 0 Å². The molecule has 102 valence electrons. The number of hydrogen-bond donors (Lipinski definition) is 2.